The summed E-state index contributed by atoms with van der Waals surface area (Å²) >= 11 is 0. The third kappa shape index (κ3) is 6.36. The number of hydrogen-bond donors (Lipinski definition) is 0. The Bertz CT molecular complexity index is 1210. The van der Waals surface area contributed by atoms with E-state index in [2.05, 4.69) is 43.7 Å². The number of hydrogen-bond acceptors (Lipinski definition) is 4. The first-order valence-corrected chi connectivity index (χ1v) is 17.3. The van der Waals surface area contributed by atoms with Crippen molar-refractivity contribution in [2.45, 2.75) is 76.0 Å². The first kappa shape index (κ1) is 29.1. The quantitative estimate of drug-likeness (QED) is 0.166. The van der Waals surface area contributed by atoms with E-state index in [1.807, 2.05) is 51.2 Å². The minimum atomic E-state index is -3.73. The van der Waals surface area contributed by atoms with Crippen LogP contribution in [0.25, 0.3) is 0 Å². The zero-order chi connectivity index (χ0) is 27.2. The Balaban J connectivity index is 2.04. The molecule has 1 aliphatic rings. The number of aryl methyl sites for hydroxylation is 1. The number of rotatable bonds is 13. The lowest BCUT2D eigenvalue weighted by molar-refractivity contribution is -0.396. The summed E-state index contributed by atoms with van der Waals surface area (Å²) in [6, 6.07) is 17.9. The molecule has 2 aromatic carbocycles. The van der Waals surface area contributed by atoms with Gasteiger partial charge in [-0.05, 0) is 56.6 Å². The molecule has 0 radical (unpaired) electrons. The van der Waals surface area contributed by atoms with Crippen LogP contribution in [0, 0.1) is 6.92 Å². The normalized spacial score (nSPS) is 16.9. The maximum atomic E-state index is 13.8. The number of nitrogens with zero attached hydrogens (tertiary/aromatic N) is 2. The van der Waals surface area contributed by atoms with Crippen LogP contribution in [0.4, 0.5) is 5.69 Å². The largest absolute Gasteiger partial charge is 0.519 e. The van der Waals surface area contributed by atoms with Crippen molar-refractivity contribution in [3.8, 4) is 0 Å². The Morgan fingerprint density at radius 1 is 1.05 bits per heavy atom. The van der Waals surface area contributed by atoms with Gasteiger partial charge < -0.3 is 9.16 Å². The van der Waals surface area contributed by atoms with Crippen LogP contribution < -0.4 is 0 Å². The molecule has 0 saturated carbocycles. The molecule has 37 heavy (non-hydrogen) atoms. The molecule has 3 rings (SSSR count). The van der Waals surface area contributed by atoms with E-state index in [1.54, 1.807) is 19.2 Å². The summed E-state index contributed by atoms with van der Waals surface area (Å²) in [5.41, 5.74) is 3.24. The fraction of sp³-hybridized carbons (Fsp3) is 0.483. The lowest BCUT2D eigenvalue weighted by Gasteiger charge is -2.31. The molecule has 0 N–H and O–H groups in total. The minimum absolute atomic E-state index is 0.115. The molecule has 0 bridgehead atoms. The van der Waals surface area contributed by atoms with Crippen molar-refractivity contribution in [1.82, 2.24) is 4.31 Å². The average Bonchev–Trinajstić information content (AvgIpc) is 3.23. The third-order valence-electron chi connectivity index (χ3n) is 7.70. The van der Waals surface area contributed by atoms with Crippen LogP contribution >= 0.6 is 0 Å². The Kier molecular flexibility index (Phi) is 9.78. The summed E-state index contributed by atoms with van der Waals surface area (Å²) < 4.78 is 43.7. The maximum absolute atomic E-state index is 13.8. The highest BCUT2D eigenvalue weighted by Gasteiger charge is 2.40. The predicted octanol–water partition coefficient (Wildman–Crippen LogP) is 6.42. The van der Waals surface area contributed by atoms with Gasteiger partial charge in [-0.15, -0.1) is 0 Å². The SMILES string of the molecule is CCO/C(=C/C[C@H](C1C=[N+](C)c2ccccc21)N(C)S(=O)(=O)c1ccc(C)cc1)O[Si](CC)(CC)CC. The van der Waals surface area contributed by atoms with Gasteiger partial charge in [-0.2, -0.15) is 4.31 Å². The fourth-order valence-corrected chi connectivity index (χ4v) is 8.93. The van der Waals surface area contributed by atoms with Gasteiger partial charge in [-0.3, -0.25) is 0 Å². The summed E-state index contributed by atoms with van der Waals surface area (Å²) in [6.07, 6.45) is 4.55. The van der Waals surface area contributed by atoms with Crippen LogP contribution in [0.15, 0.2) is 65.4 Å². The van der Waals surface area contributed by atoms with Gasteiger partial charge in [0, 0.05) is 24.7 Å². The van der Waals surface area contributed by atoms with E-state index in [4.69, 9.17) is 9.16 Å². The van der Waals surface area contributed by atoms with Crippen molar-refractivity contribution in [2.75, 3.05) is 20.7 Å². The smallest absolute Gasteiger partial charge is 0.261 e. The molecule has 0 spiro atoms. The second kappa shape index (κ2) is 12.4. The molecule has 0 fully saturated rings. The number of likely N-dealkylation sites (N-methyl/N-ethyl adjacent to an activating group) is 1. The summed E-state index contributed by atoms with van der Waals surface area (Å²) in [5, 5.41) is 0. The predicted molar refractivity (Wildman–Crippen MR) is 154 cm³/mol. The lowest BCUT2D eigenvalue weighted by Crippen LogP contribution is -2.41. The highest BCUT2D eigenvalue weighted by atomic mass is 32.2. The summed E-state index contributed by atoms with van der Waals surface area (Å²) in [4.78, 5) is 0.296. The molecule has 0 amide bonds. The van der Waals surface area contributed by atoms with Gasteiger partial charge in [-0.1, -0.05) is 56.7 Å². The Morgan fingerprint density at radius 2 is 1.68 bits per heavy atom. The van der Waals surface area contributed by atoms with Crippen molar-refractivity contribution in [1.29, 1.82) is 0 Å². The molecule has 0 saturated heterocycles. The highest BCUT2D eigenvalue weighted by molar-refractivity contribution is 7.89. The van der Waals surface area contributed by atoms with Crippen molar-refractivity contribution < 1.29 is 22.2 Å². The van der Waals surface area contributed by atoms with Gasteiger partial charge >= 0.3 is 0 Å². The summed E-state index contributed by atoms with van der Waals surface area (Å²) in [5.74, 6) is 0.418. The highest BCUT2D eigenvalue weighted by Crippen LogP contribution is 2.37. The van der Waals surface area contributed by atoms with Gasteiger partial charge in [0.25, 0.3) is 14.3 Å². The first-order valence-electron chi connectivity index (χ1n) is 13.4. The molecule has 0 aliphatic carbocycles. The minimum Gasteiger partial charge on any atom is -0.519 e. The number of sulfonamides is 1. The summed E-state index contributed by atoms with van der Waals surface area (Å²) in [7, 11) is -1.98. The van der Waals surface area contributed by atoms with Crippen LogP contribution in [0.2, 0.25) is 18.1 Å². The van der Waals surface area contributed by atoms with E-state index in [0.29, 0.717) is 23.9 Å². The van der Waals surface area contributed by atoms with Crippen molar-refractivity contribution >= 4 is 30.2 Å². The van der Waals surface area contributed by atoms with Gasteiger partial charge in [-0.25, -0.2) is 13.0 Å². The molecular weight excluding hydrogens is 500 g/mol. The zero-order valence-corrected chi connectivity index (χ0v) is 25.2. The summed E-state index contributed by atoms with van der Waals surface area (Å²) in [6.45, 7) is 11.0. The second-order valence-corrected chi connectivity index (χ2v) is 16.5. The fourth-order valence-electron chi connectivity index (χ4n) is 5.04. The molecule has 1 heterocycles. The number of ether oxygens (including phenoxy) is 1. The van der Waals surface area contributed by atoms with Crippen LogP contribution in [-0.4, -0.2) is 58.6 Å². The van der Waals surface area contributed by atoms with Gasteiger partial charge in [0.15, 0.2) is 6.21 Å². The second-order valence-electron chi connectivity index (χ2n) is 9.78. The Morgan fingerprint density at radius 3 is 2.27 bits per heavy atom. The molecule has 1 aliphatic heterocycles. The topological polar surface area (TPSA) is 58.8 Å². The maximum Gasteiger partial charge on any atom is 0.261 e. The first-order chi connectivity index (χ1) is 17.6. The lowest BCUT2D eigenvalue weighted by atomic mass is 9.91. The zero-order valence-electron chi connectivity index (χ0n) is 23.4. The van der Waals surface area contributed by atoms with Gasteiger partial charge in [0.1, 0.15) is 7.05 Å². The van der Waals surface area contributed by atoms with E-state index in [-0.39, 0.29) is 12.0 Å². The van der Waals surface area contributed by atoms with Crippen molar-refractivity contribution in [3.63, 3.8) is 0 Å². The monoisotopic (exact) mass is 543 g/mol. The molecule has 2 aromatic rings. The molecule has 1 unspecified atom stereocenters. The molecule has 2 atom stereocenters. The number of para-hydroxylation sites is 1. The Labute approximate surface area is 224 Å². The van der Waals surface area contributed by atoms with Crippen molar-refractivity contribution in [2.24, 2.45) is 0 Å². The van der Waals surface area contributed by atoms with Crippen LogP contribution in [0.5, 0.6) is 0 Å². The number of fused-ring (bicyclic) bond motifs is 1. The molecular formula is C29H43N2O4SSi+. The van der Waals surface area contributed by atoms with Crippen LogP contribution in [0.3, 0.4) is 0 Å². The average molecular weight is 544 g/mol. The molecule has 6 nitrogen and oxygen atoms in total. The van der Waals surface area contributed by atoms with Crippen LogP contribution in [0.1, 0.15) is 51.2 Å². The van der Waals surface area contributed by atoms with E-state index >= 15 is 0 Å². The number of benzene rings is 2. The van der Waals surface area contributed by atoms with Gasteiger partial charge in [0.2, 0.25) is 15.7 Å². The van der Waals surface area contributed by atoms with Crippen molar-refractivity contribution in [3.05, 3.63) is 71.7 Å². The molecule has 8 heteroatoms. The third-order valence-corrected chi connectivity index (χ3v) is 14.1. The van der Waals surface area contributed by atoms with E-state index < -0.39 is 18.3 Å². The van der Waals surface area contributed by atoms with E-state index in [0.717, 1.165) is 34.9 Å². The molecule has 0 aromatic heterocycles. The van der Waals surface area contributed by atoms with E-state index in [9.17, 15) is 8.42 Å². The van der Waals surface area contributed by atoms with E-state index in [1.165, 1.54) is 4.31 Å². The molecule has 202 valence electrons. The van der Waals surface area contributed by atoms with Gasteiger partial charge in [0.05, 0.1) is 17.4 Å². The van der Waals surface area contributed by atoms with Crippen LogP contribution in [-0.2, 0) is 19.2 Å². The Hall–Kier alpha value is -2.42. The standard InChI is InChI=1S/C29H43N2O4SSi/c1-8-34-29(35-37(9-2,10-3)11-4)21-20-28(26-22-30(6)27-15-13-12-14-25(26)27)31(7)36(32,33)24-18-16-23(5)17-19-24/h12-19,21-22,26,28H,8-11,20H2,1-7H3/q+1/b29-21-/t26?,28-/m1/s1.